The van der Waals surface area contributed by atoms with Crippen molar-refractivity contribution in [3.8, 4) is 0 Å². The summed E-state index contributed by atoms with van der Waals surface area (Å²) in [4.78, 5) is 18.2. The molecular formula is C23H20FN3O2. The van der Waals surface area contributed by atoms with Crippen molar-refractivity contribution in [2.24, 2.45) is 4.99 Å². The summed E-state index contributed by atoms with van der Waals surface area (Å²) in [6.07, 6.45) is -1.08. The highest BCUT2D eigenvalue weighted by Crippen LogP contribution is 2.41. The van der Waals surface area contributed by atoms with E-state index < -0.39 is 12.1 Å². The first kappa shape index (κ1) is 18.7. The molecule has 2 N–H and O–H groups in total. The zero-order chi connectivity index (χ0) is 20.2. The highest BCUT2D eigenvalue weighted by molar-refractivity contribution is 5.95. The molecule has 2 atom stereocenters. The average Bonchev–Trinajstić information content (AvgIpc) is 3.14. The number of guanidine groups is 1. The third kappa shape index (κ3) is 3.96. The van der Waals surface area contributed by atoms with E-state index in [2.05, 4.69) is 5.32 Å². The van der Waals surface area contributed by atoms with Gasteiger partial charge in [-0.15, -0.1) is 0 Å². The molecule has 0 saturated carbocycles. The van der Waals surface area contributed by atoms with Crippen molar-refractivity contribution in [3.05, 3.63) is 107 Å². The maximum Gasteiger partial charge on any atom is 0.414 e. The fraction of sp³-hybridized carbons (Fsp3) is 0.130. The number of carbonyl (C=O) groups is 1. The van der Waals surface area contributed by atoms with Gasteiger partial charge >= 0.3 is 6.09 Å². The van der Waals surface area contributed by atoms with E-state index in [4.69, 9.17) is 4.99 Å². The Morgan fingerprint density at radius 2 is 1.52 bits per heavy atom. The van der Waals surface area contributed by atoms with Crippen LogP contribution in [0.4, 0.5) is 9.18 Å². The van der Waals surface area contributed by atoms with Gasteiger partial charge in [0.15, 0.2) is 0 Å². The summed E-state index contributed by atoms with van der Waals surface area (Å²) in [6.45, 7) is 0.339. The number of carboxylic acid groups (broad SMARTS) is 1. The molecule has 1 aliphatic rings. The maximum atomic E-state index is 13.1. The van der Waals surface area contributed by atoms with Crippen LogP contribution in [0.5, 0.6) is 0 Å². The molecule has 0 saturated heterocycles. The second kappa shape index (κ2) is 8.14. The molecule has 4 rings (SSSR count). The van der Waals surface area contributed by atoms with Crippen molar-refractivity contribution >= 4 is 12.1 Å². The van der Waals surface area contributed by atoms with Gasteiger partial charge in [-0.3, -0.25) is 0 Å². The molecule has 0 fully saturated rings. The number of hydrogen-bond donors (Lipinski definition) is 2. The number of benzene rings is 3. The Bertz CT molecular complexity index is 1010. The molecule has 1 amide bonds. The van der Waals surface area contributed by atoms with Crippen LogP contribution in [0, 0.1) is 5.82 Å². The molecule has 29 heavy (non-hydrogen) atoms. The molecule has 146 valence electrons. The van der Waals surface area contributed by atoms with Gasteiger partial charge in [-0.05, 0) is 28.8 Å². The number of nitrogens with zero attached hydrogens (tertiary/aromatic N) is 2. The lowest BCUT2D eigenvalue weighted by molar-refractivity contribution is 0.155. The van der Waals surface area contributed by atoms with Gasteiger partial charge in [0.2, 0.25) is 5.96 Å². The molecule has 1 heterocycles. The van der Waals surface area contributed by atoms with E-state index >= 15 is 0 Å². The van der Waals surface area contributed by atoms with Crippen LogP contribution in [-0.4, -0.2) is 22.1 Å². The van der Waals surface area contributed by atoms with Crippen LogP contribution >= 0.6 is 0 Å². The Labute approximate surface area is 168 Å². The Kier molecular flexibility index (Phi) is 5.24. The van der Waals surface area contributed by atoms with Crippen LogP contribution in [-0.2, 0) is 6.54 Å². The lowest BCUT2D eigenvalue weighted by atomic mass is 9.94. The number of rotatable bonds is 4. The Morgan fingerprint density at radius 1 is 0.931 bits per heavy atom. The molecule has 0 unspecified atom stereocenters. The third-order valence-electron chi connectivity index (χ3n) is 4.92. The van der Waals surface area contributed by atoms with Crippen molar-refractivity contribution in [2.45, 2.75) is 18.6 Å². The van der Waals surface area contributed by atoms with Gasteiger partial charge in [-0.1, -0.05) is 72.8 Å². The second-order valence-electron chi connectivity index (χ2n) is 6.80. The van der Waals surface area contributed by atoms with Crippen LogP contribution < -0.4 is 5.32 Å². The van der Waals surface area contributed by atoms with Crippen molar-refractivity contribution in [1.82, 2.24) is 10.2 Å². The molecule has 0 aromatic heterocycles. The van der Waals surface area contributed by atoms with Crippen molar-refractivity contribution < 1.29 is 14.3 Å². The van der Waals surface area contributed by atoms with Crippen molar-refractivity contribution in [3.63, 3.8) is 0 Å². The van der Waals surface area contributed by atoms with Crippen molar-refractivity contribution in [2.75, 3.05) is 0 Å². The Balaban J connectivity index is 1.68. The molecule has 6 heteroatoms. The summed E-state index contributed by atoms with van der Waals surface area (Å²) in [5.74, 6) is -0.0306. The smallest absolute Gasteiger partial charge is 0.414 e. The minimum atomic E-state index is -1.08. The summed E-state index contributed by atoms with van der Waals surface area (Å²) >= 11 is 0. The molecule has 0 spiro atoms. The molecule has 0 aliphatic carbocycles. The predicted octanol–water partition coefficient (Wildman–Crippen LogP) is 4.75. The predicted molar refractivity (Wildman–Crippen MR) is 109 cm³/mol. The van der Waals surface area contributed by atoms with Gasteiger partial charge in [0.05, 0.1) is 6.04 Å². The monoisotopic (exact) mass is 389 g/mol. The van der Waals surface area contributed by atoms with E-state index in [0.29, 0.717) is 6.54 Å². The lowest BCUT2D eigenvalue weighted by Crippen LogP contribution is -2.43. The fourth-order valence-electron chi connectivity index (χ4n) is 3.55. The van der Waals surface area contributed by atoms with Gasteiger partial charge in [0, 0.05) is 6.54 Å². The standard InChI is InChI=1S/C23H20FN3O2/c24-19-13-11-16(12-14-19)15-25-22-26-20(17-7-3-1-4-8-17)21(27(22)23(28)29)18-9-5-2-6-10-18/h1-14,20-21H,15H2,(H,25,26)(H,28,29)/t20-,21+/m1/s1. The molecule has 3 aromatic rings. The highest BCUT2D eigenvalue weighted by Gasteiger charge is 2.41. The molecule has 5 nitrogen and oxygen atoms in total. The van der Waals surface area contributed by atoms with E-state index in [0.717, 1.165) is 16.7 Å². The normalized spacial score (nSPS) is 18.4. The minimum Gasteiger partial charge on any atom is -0.465 e. The number of nitrogens with one attached hydrogen (secondary N) is 1. The number of hydrogen-bond acceptors (Lipinski definition) is 3. The largest absolute Gasteiger partial charge is 0.465 e. The summed E-state index contributed by atoms with van der Waals surface area (Å²) in [5, 5.41) is 13.1. The van der Waals surface area contributed by atoms with E-state index in [-0.39, 0.29) is 17.8 Å². The highest BCUT2D eigenvalue weighted by atomic mass is 19.1. The van der Waals surface area contributed by atoms with Crippen LogP contribution in [0.2, 0.25) is 0 Å². The second-order valence-corrected chi connectivity index (χ2v) is 6.80. The summed E-state index contributed by atoms with van der Waals surface area (Å²) in [6, 6.07) is 24.4. The lowest BCUT2D eigenvalue weighted by Gasteiger charge is -2.27. The molecule has 0 radical (unpaired) electrons. The number of amides is 1. The van der Waals surface area contributed by atoms with E-state index in [1.807, 2.05) is 60.7 Å². The Hall–Kier alpha value is -3.67. The SMILES string of the molecule is O=C(O)N1C(NCc2ccc(F)cc2)=N[C@H](c2ccccc2)[C@@H]1c1ccccc1. The number of halogens is 1. The summed E-state index contributed by atoms with van der Waals surface area (Å²) in [5.41, 5.74) is 2.64. The van der Waals surface area contributed by atoms with Crippen LogP contribution in [0.3, 0.4) is 0 Å². The first-order valence-electron chi connectivity index (χ1n) is 9.31. The summed E-state index contributed by atoms with van der Waals surface area (Å²) < 4.78 is 13.1. The first-order valence-corrected chi connectivity index (χ1v) is 9.31. The maximum absolute atomic E-state index is 13.1. The van der Waals surface area contributed by atoms with Crippen molar-refractivity contribution in [1.29, 1.82) is 0 Å². The van der Waals surface area contributed by atoms with E-state index in [1.54, 1.807) is 12.1 Å². The average molecular weight is 389 g/mol. The summed E-state index contributed by atoms with van der Waals surface area (Å²) in [7, 11) is 0. The Morgan fingerprint density at radius 3 is 2.10 bits per heavy atom. The fourth-order valence-corrected chi connectivity index (χ4v) is 3.55. The number of aliphatic imine (C=N–C) groups is 1. The zero-order valence-corrected chi connectivity index (χ0v) is 15.6. The van der Waals surface area contributed by atoms with Gasteiger partial charge < -0.3 is 10.4 Å². The molecule has 1 aliphatic heterocycles. The quantitative estimate of drug-likeness (QED) is 0.677. The third-order valence-corrected chi connectivity index (χ3v) is 4.92. The minimum absolute atomic E-state index is 0.282. The first-order chi connectivity index (χ1) is 14.1. The van der Waals surface area contributed by atoms with Gasteiger partial charge in [-0.2, -0.15) is 0 Å². The molecular weight excluding hydrogens is 369 g/mol. The van der Waals surface area contributed by atoms with Gasteiger partial charge in [0.1, 0.15) is 11.9 Å². The zero-order valence-electron chi connectivity index (χ0n) is 15.6. The van der Waals surface area contributed by atoms with E-state index in [9.17, 15) is 14.3 Å². The topological polar surface area (TPSA) is 64.9 Å². The van der Waals surface area contributed by atoms with Gasteiger partial charge in [0.25, 0.3) is 0 Å². The van der Waals surface area contributed by atoms with Crippen LogP contribution in [0.15, 0.2) is 89.9 Å². The molecule has 0 bridgehead atoms. The molecule has 3 aromatic carbocycles. The van der Waals surface area contributed by atoms with Crippen LogP contribution in [0.1, 0.15) is 28.8 Å². The van der Waals surface area contributed by atoms with E-state index in [1.165, 1.54) is 17.0 Å². The van der Waals surface area contributed by atoms with Gasteiger partial charge in [-0.25, -0.2) is 19.1 Å². The van der Waals surface area contributed by atoms with Crippen LogP contribution in [0.25, 0.3) is 0 Å².